The molecule has 0 aliphatic rings. The number of carbonyl (C=O) groups excluding carboxylic acids is 1. The van der Waals surface area contributed by atoms with Crippen molar-refractivity contribution < 1.29 is 14.3 Å². The summed E-state index contributed by atoms with van der Waals surface area (Å²) in [5.74, 6) is 0.686. The first-order valence-corrected chi connectivity index (χ1v) is 7.53. The van der Waals surface area contributed by atoms with E-state index < -0.39 is 5.41 Å². The molecule has 0 aliphatic heterocycles. The van der Waals surface area contributed by atoms with Gasteiger partial charge in [0.05, 0.1) is 12.5 Å². The van der Waals surface area contributed by atoms with Crippen molar-refractivity contribution in [1.29, 1.82) is 0 Å². The van der Waals surface area contributed by atoms with Gasteiger partial charge in [-0.25, -0.2) is 0 Å². The van der Waals surface area contributed by atoms with Crippen molar-refractivity contribution in [3.05, 3.63) is 59.7 Å². The molecule has 0 aliphatic carbocycles. The Bertz CT molecular complexity index is 695. The maximum atomic E-state index is 12.0. The van der Waals surface area contributed by atoms with Gasteiger partial charge in [0.15, 0.2) is 11.5 Å². The van der Waals surface area contributed by atoms with Crippen molar-refractivity contribution >= 4 is 18.1 Å². The first-order chi connectivity index (χ1) is 10.9. The van der Waals surface area contributed by atoms with Crippen LogP contribution in [-0.2, 0) is 4.79 Å². The third-order valence-corrected chi connectivity index (χ3v) is 3.27. The summed E-state index contributed by atoms with van der Waals surface area (Å²) in [6, 6.07) is 15.6. The lowest BCUT2D eigenvalue weighted by Gasteiger charge is -2.17. The molecule has 0 atom stereocenters. The number of benzene rings is 2. The molecule has 3 heteroatoms. The molecule has 0 bridgehead atoms. The van der Waals surface area contributed by atoms with Crippen LogP contribution in [0.15, 0.2) is 48.5 Å². The maximum Gasteiger partial charge on any atom is 0.316 e. The quantitative estimate of drug-likeness (QED) is 0.461. The Balaban J connectivity index is 2.19. The van der Waals surface area contributed by atoms with E-state index in [1.807, 2.05) is 75.4 Å². The summed E-state index contributed by atoms with van der Waals surface area (Å²) >= 11 is 0. The maximum absolute atomic E-state index is 12.0. The molecule has 2 rings (SSSR count). The predicted octanol–water partition coefficient (Wildman–Crippen LogP) is 4.82. The van der Waals surface area contributed by atoms with Crippen molar-refractivity contribution in [2.24, 2.45) is 5.41 Å². The summed E-state index contributed by atoms with van der Waals surface area (Å²) in [6.45, 7) is 5.45. The molecule has 2 aromatic rings. The molecular formula is C20H22O3. The molecule has 0 spiro atoms. The number of hydrogen-bond acceptors (Lipinski definition) is 3. The van der Waals surface area contributed by atoms with Crippen molar-refractivity contribution in [1.82, 2.24) is 0 Å². The van der Waals surface area contributed by atoms with Gasteiger partial charge in [0.2, 0.25) is 0 Å². The van der Waals surface area contributed by atoms with Gasteiger partial charge in [-0.2, -0.15) is 0 Å². The minimum Gasteiger partial charge on any atom is -0.493 e. The number of carbonyl (C=O) groups is 1. The standard InChI is InChI=1S/C20H22O3/c1-20(2,3)19(21)23-17-13-12-16(14-18(17)22-4)11-10-15-8-6-5-7-9-15/h5-14H,1-4H3. The lowest BCUT2D eigenvalue weighted by Crippen LogP contribution is -2.25. The van der Waals surface area contributed by atoms with E-state index in [1.165, 1.54) is 0 Å². The normalized spacial score (nSPS) is 11.5. The van der Waals surface area contributed by atoms with Gasteiger partial charge in [-0.05, 0) is 44.0 Å². The first-order valence-electron chi connectivity index (χ1n) is 7.53. The largest absolute Gasteiger partial charge is 0.493 e. The smallest absolute Gasteiger partial charge is 0.316 e. The van der Waals surface area contributed by atoms with Crippen LogP contribution in [0.2, 0.25) is 0 Å². The Labute approximate surface area is 137 Å². The van der Waals surface area contributed by atoms with Crippen LogP contribution in [0.4, 0.5) is 0 Å². The van der Waals surface area contributed by atoms with Crippen LogP contribution in [0.1, 0.15) is 31.9 Å². The highest BCUT2D eigenvalue weighted by atomic mass is 16.6. The van der Waals surface area contributed by atoms with Gasteiger partial charge < -0.3 is 9.47 Å². The minimum absolute atomic E-state index is 0.289. The van der Waals surface area contributed by atoms with Crippen molar-refractivity contribution in [3.63, 3.8) is 0 Å². The lowest BCUT2D eigenvalue weighted by atomic mass is 9.97. The Kier molecular flexibility index (Phi) is 5.22. The third kappa shape index (κ3) is 4.71. The highest BCUT2D eigenvalue weighted by Gasteiger charge is 2.24. The van der Waals surface area contributed by atoms with Gasteiger partial charge in [0.25, 0.3) is 0 Å². The van der Waals surface area contributed by atoms with Gasteiger partial charge in [-0.3, -0.25) is 4.79 Å². The molecule has 0 N–H and O–H groups in total. The van der Waals surface area contributed by atoms with Crippen LogP contribution in [0.25, 0.3) is 12.2 Å². The molecule has 120 valence electrons. The summed E-state index contributed by atoms with van der Waals surface area (Å²) in [6.07, 6.45) is 4.02. The molecule has 0 amide bonds. The Morgan fingerprint density at radius 2 is 1.57 bits per heavy atom. The fourth-order valence-electron chi connectivity index (χ4n) is 1.88. The van der Waals surface area contributed by atoms with Crippen LogP contribution in [0.5, 0.6) is 11.5 Å². The molecule has 2 aromatic carbocycles. The summed E-state index contributed by atoms with van der Waals surface area (Å²) in [7, 11) is 1.56. The molecule has 0 unspecified atom stereocenters. The highest BCUT2D eigenvalue weighted by molar-refractivity contribution is 5.79. The van der Waals surface area contributed by atoms with E-state index in [2.05, 4.69) is 0 Å². The molecule has 0 aromatic heterocycles. The Morgan fingerprint density at radius 3 is 2.17 bits per heavy atom. The topological polar surface area (TPSA) is 35.5 Å². The number of rotatable bonds is 4. The van der Waals surface area contributed by atoms with E-state index in [0.29, 0.717) is 11.5 Å². The summed E-state index contributed by atoms with van der Waals surface area (Å²) in [5, 5.41) is 0. The van der Waals surface area contributed by atoms with Crippen LogP contribution in [0.3, 0.4) is 0 Å². The average molecular weight is 310 g/mol. The van der Waals surface area contributed by atoms with E-state index in [4.69, 9.17) is 9.47 Å². The zero-order valence-corrected chi connectivity index (χ0v) is 14.0. The monoisotopic (exact) mass is 310 g/mol. The second-order valence-corrected chi connectivity index (χ2v) is 6.29. The van der Waals surface area contributed by atoms with E-state index in [-0.39, 0.29) is 5.97 Å². The van der Waals surface area contributed by atoms with Gasteiger partial charge in [-0.15, -0.1) is 0 Å². The van der Waals surface area contributed by atoms with E-state index in [1.54, 1.807) is 13.2 Å². The predicted molar refractivity (Wildman–Crippen MR) is 93.5 cm³/mol. The molecule has 0 radical (unpaired) electrons. The molecule has 0 fully saturated rings. The molecule has 23 heavy (non-hydrogen) atoms. The third-order valence-electron chi connectivity index (χ3n) is 3.27. The number of esters is 1. The highest BCUT2D eigenvalue weighted by Crippen LogP contribution is 2.30. The molecule has 0 saturated heterocycles. The number of hydrogen-bond donors (Lipinski definition) is 0. The van der Waals surface area contributed by atoms with Crippen LogP contribution >= 0.6 is 0 Å². The second-order valence-electron chi connectivity index (χ2n) is 6.29. The van der Waals surface area contributed by atoms with Crippen LogP contribution in [-0.4, -0.2) is 13.1 Å². The van der Waals surface area contributed by atoms with Crippen molar-refractivity contribution in [2.45, 2.75) is 20.8 Å². The molecular weight excluding hydrogens is 288 g/mol. The SMILES string of the molecule is COc1cc(C=Cc2ccccc2)ccc1OC(=O)C(C)(C)C. The van der Waals surface area contributed by atoms with Crippen molar-refractivity contribution in [3.8, 4) is 11.5 Å². The van der Waals surface area contributed by atoms with Gasteiger partial charge >= 0.3 is 5.97 Å². The molecule has 3 nitrogen and oxygen atoms in total. The molecule has 0 saturated carbocycles. The van der Waals surface area contributed by atoms with Gasteiger partial charge in [0.1, 0.15) is 0 Å². The summed E-state index contributed by atoms with van der Waals surface area (Å²) in [4.78, 5) is 12.0. The minimum atomic E-state index is -0.559. The van der Waals surface area contributed by atoms with Crippen LogP contribution < -0.4 is 9.47 Å². The van der Waals surface area contributed by atoms with Gasteiger partial charge in [-0.1, -0.05) is 48.6 Å². The number of ether oxygens (including phenoxy) is 2. The fraction of sp³-hybridized carbons (Fsp3) is 0.250. The molecule has 0 heterocycles. The Hall–Kier alpha value is -2.55. The summed E-state index contributed by atoms with van der Waals surface area (Å²) < 4.78 is 10.8. The van der Waals surface area contributed by atoms with Crippen LogP contribution in [0, 0.1) is 5.41 Å². The number of methoxy groups -OCH3 is 1. The fourth-order valence-corrected chi connectivity index (χ4v) is 1.88. The zero-order chi connectivity index (χ0) is 16.9. The van der Waals surface area contributed by atoms with Gasteiger partial charge in [0, 0.05) is 0 Å². The average Bonchev–Trinajstić information content (AvgIpc) is 2.54. The van der Waals surface area contributed by atoms with E-state index >= 15 is 0 Å². The lowest BCUT2D eigenvalue weighted by molar-refractivity contribution is -0.143. The van der Waals surface area contributed by atoms with Crippen molar-refractivity contribution in [2.75, 3.05) is 7.11 Å². The van der Waals surface area contributed by atoms with E-state index in [0.717, 1.165) is 11.1 Å². The first kappa shape index (κ1) is 16.8. The summed E-state index contributed by atoms with van der Waals surface area (Å²) in [5.41, 5.74) is 1.53. The Morgan fingerprint density at radius 1 is 0.913 bits per heavy atom. The second kappa shape index (κ2) is 7.14. The zero-order valence-electron chi connectivity index (χ0n) is 14.0. The van der Waals surface area contributed by atoms with E-state index in [9.17, 15) is 4.79 Å².